The highest BCUT2D eigenvalue weighted by Gasteiger charge is 2.13. The lowest BCUT2D eigenvalue weighted by atomic mass is 10.0. The second-order valence-corrected chi connectivity index (χ2v) is 6.34. The maximum atomic E-state index is 13.6. The first-order chi connectivity index (χ1) is 12.8. The molecule has 3 heteroatoms. The highest BCUT2D eigenvalue weighted by molar-refractivity contribution is 6.04. The van der Waals surface area contributed by atoms with Crippen LogP contribution in [0.15, 0.2) is 85.1 Å². The Morgan fingerprint density at radius 3 is 2.46 bits per heavy atom. The van der Waals surface area contributed by atoms with E-state index in [-0.39, 0.29) is 5.82 Å². The van der Waals surface area contributed by atoms with E-state index in [1.165, 1.54) is 12.1 Å². The van der Waals surface area contributed by atoms with Crippen LogP contribution in [0.3, 0.4) is 0 Å². The molecule has 2 heterocycles. The zero-order valence-electron chi connectivity index (χ0n) is 13.9. The van der Waals surface area contributed by atoms with Crippen LogP contribution in [0.1, 0.15) is 0 Å². The molecule has 0 aliphatic heterocycles. The van der Waals surface area contributed by atoms with Gasteiger partial charge in [0.2, 0.25) is 0 Å². The Labute approximate surface area is 150 Å². The van der Waals surface area contributed by atoms with Crippen molar-refractivity contribution in [3.8, 4) is 22.5 Å². The minimum atomic E-state index is -0.248. The van der Waals surface area contributed by atoms with Gasteiger partial charge in [-0.15, -0.1) is 0 Å². The number of nitrogens with zero attached hydrogens (tertiary/aromatic N) is 1. The molecule has 2 aromatic heterocycles. The van der Waals surface area contributed by atoms with Crippen molar-refractivity contribution in [2.45, 2.75) is 0 Å². The summed E-state index contributed by atoms with van der Waals surface area (Å²) in [6, 6.07) is 25.3. The molecule has 0 unspecified atom stereocenters. The summed E-state index contributed by atoms with van der Waals surface area (Å²) in [5, 5.41) is 3.18. The third-order valence-electron chi connectivity index (χ3n) is 4.71. The number of halogens is 1. The van der Waals surface area contributed by atoms with Crippen molar-refractivity contribution >= 4 is 21.7 Å². The van der Waals surface area contributed by atoms with E-state index >= 15 is 0 Å². The van der Waals surface area contributed by atoms with Crippen molar-refractivity contribution in [3.63, 3.8) is 0 Å². The second kappa shape index (κ2) is 5.81. The fourth-order valence-electron chi connectivity index (χ4n) is 3.46. The Morgan fingerprint density at radius 1 is 0.769 bits per heavy atom. The minimum absolute atomic E-state index is 0.248. The smallest absolute Gasteiger partial charge is 0.125 e. The number of H-pyrrole nitrogens is 1. The van der Waals surface area contributed by atoms with E-state index in [1.54, 1.807) is 0 Å². The molecule has 0 atom stereocenters. The van der Waals surface area contributed by atoms with Crippen molar-refractivity contribution in [1.29, 1.82) is 0 Å². The van der Waals surface area contributed by atoms with Gasteiger partial charge in [0.15, 0.2) is 0 Å². The van der Waals surface area contributed by atoms with Crippen LogP contribution in [0, 0.1) is 5.82 Å². The van der Waals surface area contributed by atoms with Crippen LogP contribution >= 0.6 is 0 Å². The number of hydrogen-bond donors (Lipinski definition) is 1. The Kier molecular flexibility index (Phi) is 3.32. The lowest BCUT2D eigenvalue weighted by Gasteiger charge is -2.09. The van der Waals surface area contributed by atoms with Crippen LogP contribution < -0.4 is 0 Å². The number of aromatic amines is 1. The van der Waals surface area contributed by atoms with Gasteiger partial charge in [-0.25, -0.2) is 9.37 Å². The maximum absolute atomic E-state index is 13.6. The molecule has 3 aromatic carbocycles. The number of rotatable bonds is 2. The molecule has 26 heavy (non-hydrogen) atoms. The van der Waals surface area contributed by atoms with Gasteiger partial charge in [-0.3, -0.25) is 0 Å². The third-order valence-corrected chi connectivity index (χ3v) is 4.71. The predicted molar refractivity (Wildman–Crippen MR) is 104 cm³/mol. The number of pyridine rings is 1. The van der Waals surface area contributed by atoms with Crippen LogP contribution in [0.2, 0.25) is 0 Å². The Bertz CT molecular complexity index is 1240. The molecule has 0 aliphatic carbocycles. The van der Waals surface area contributed by atoms with Gasteiger partial charge in [0.1, 0.15) is 5.82 Å². The van der Waals surface area contributed by atoms with E-state index in [0.29, 0.717) is 0 Å². The highest BCUT2D eigenvalue weighted by Crippen LogP contribution is 2.35. The number of nitrogens with one attached hydrogen (secondary N) is 1. The molecule has 5 aromatic rings. The van der Waals surface area contributed by atoms with E-state index in [1.807, 2.05) is 42.6 Å². The second-order valence-electron chi connectivity index (χ2n) is 6.34. The molecule has 0 spiro atoms. The molecule has 0 bridgehead atoms. The van der Waals surface area contributed by atoms with E-state index in [0.717, 1.165) is 44.2 Å². The first-order valence-electron chi connectivity index (χ1n) is 8.52. The average Bonchev–Trinajstić information content (AvgIpc) is 3.10. The molecule has 0 saturated carbocycles. The normalized spacial score (nSPS) is 11.3. The first-order valence-corrected chi connectivity index (χ1v) is 8.52. The largest absolute Gasteiger partial charge is 0.360 e. The summed E-state index contributed by atoms with van der Waals surface area (Å²) in [5.41, 5.74) is 4.66. The van der Waals surface area contributed by atoms with Gasteiger partial charge in [0.25, 0.3) is 0 Å². The summed E-state index contributed by atoms with van der Waals surface area (Å²) >= 11 is 0. The summed E-state index contributed by atoms with van der Waals surface area (Å²) < 4.78 is 13.6. The minimum Gasteiger partial charge on any atom is -0.360 e. The van der Waals surface area contributed by atoms with Crippen molar-refractivity contribution in [2.24, 2.45) is 0 Å². The van der Waals surface area contributed by atoms with Crippen molar-refractivity contribution < 1.29 is 4.39 Å². The number of benzene rings is 3. The van der Waals surface area contributed by atoms with Gasteiger partial charge in [-0.2, -0.15) is 0 Å². The number of aromatic nitrogens is 2. The Morgan fingerprint density at radius 2 is 1.58 bits per heavy atom. The molecule has 0 radical (unpaired) electrons. The van der Waals surface area contributed by atoms with Crippen LogP contribution in [-0.4, -0.2) is 9.97 Å². The van der Waals surface area contributed by atoms with E-state index in [4.69, 9.17) is 4.98 Å². The van der Waals surface area contributed by atoms with Crippen LogP contribution in [0.25, 0.3) is 44.2 Å². The fourth-order valence-corrected chi connectivity index (χ4v) is 3.46. The summed E-state index contributed by atoms with van der Waals surface area (Å²) in [4.78, 5) is 8.14. The van der Waals surface area contributed by atoms with Gasteiger partial charge in [-0.05, 0) is 29.7 Å². The summed E-state index contributed by atoms with van der Waals surface area (Å²) in [7, 11) is 0. The first kappa shape index (κ1) is 14.8. The molecule has 0 saturated heterocycles. The van der Waals surface area contributed by atoms with Gasteiger partial charge in [-0.1, -0.05) is 54.6 Å². The van der Waals surface area contributed by atoms with E-state index in [2.05, 4.69) is 35.3 Å². The lowest BCUT2D eigenvalue weighted by Crippen LogP contribution is -1.90. The zero-order chi connectivity index (χ0) is 17.5. The molecule has 0 fully saturated rings. The quantitative estimate of drug-likeness (QED) is 0.408. The molecule has 1 N–H and O–H groups in total. The topological polar surface area (TPSA) is 28.7 Å². The Hall–Kier alpha value is -3.46. The molecule has 0 amide bonds. The maximum Gasteiger partial charge on any atom is 0.125 e. The predicted octanol–water partition coefficient (Wildman–Crippen LogP) is 6.19. The standard InChI is InChI=1S/C23H15FN2/c24-17-10-11-19-20(14-25-22(19)13-17)23-18-9-5-4-8-16(18)12-21(26-23)15-6-2-1-3-7-15/h1-14,25H. The van der Waals surface area contributed by atoms with Crippen LogP contribution in [-0.2, 0) is 0 Å². The highest BCUT2D eigenvalue weighted by atomic mass is 19.1. The number of hydrogen-bond acceptors (Lipinski definition) is 1. The molecule has 2 nitrogen and oxygen atoms in total. The van der Waals surface area contributed by atoms with Gasteiger partial charge < -0.3 is 4.98 Å². The van der Waals surface area contributed by atoms with Crippen molar-refractivity contribution in [1.82, 2.24) is 9.97 Å². The monoisotopic (exact) mass is 338 g/mol. The molecule has 0 aliphatic rings. The fraction of sp³-hybridized carbons (Fsp3) is 0. The summed E-state index contributed by atoms with van der Waals surface area (Å²) in [5.74, 6) is -0.248. The van der Waals surface area contributed by atoms with Crippen LogP contribution in [0.5, 0.6) is 0 Å². The molecule has 5 rings (SSSR count). The SMILES string of the molecule is Fc1ccc2c(-c3nc(-c4ccccc4)cc4ccccc34)c[nH]c2c1. The molecular formula is C23H15FN2. The van der Waals surface area contributed by atoms with Gasteiger partial charge in [0.05, 0.1) is 11.4 Å². The van der Waals surface area contributed by atoms with Gasteiger partial charge in [0, 0.05) is 33.6 Å². The van der Waals surface area contributed by atoms with Gasteiger partial charge >= 0.3 is 0 Å². The number of fused-ring (bicyclic) bond motifs is 2. The molecular weight excluding hydrogens is 323 g/mol. The van der Waals surface area contributed by atoms with Crippen molar-refractivity contribution in [3.05, 3.63) is 90.9 Å². The van der Waals surface area contributed by atoms with Crippen LogP contribution in [0.4, 0.5) is 4.39 Å². The summed E-state index contributed by atoms with van der Waals surface area (Å²) in [6.07, 6.45) is 1.91. The average molecular weight is 338 g/mol. The third kappa shape index (κ3) is 2.37. The molecule has 124 valence electrons. The summed E-state index contributed by atoms with van der Waals surface area (Å²) in [6.45, 7) is 0. The van der Waals surface area contributed by atoms with E-state index in [9.17, 15) is 4.39 Å². The Balaban J connectivity index is 1.83. The zero-order valence-corrected chi connectivity index (χ0v) is 13.9. The van der Waals surface area contributed by atoms with E-state index < -0.39 is 0 Å². The lowest BCUT2D eigenvalue weighted by molar-refractivity contribution is 0.629. The van der Waals surface area contributed by atoms with Crippen molar-refractivity contribution in [2.75, 3.05) is 0 Å².